The summed E-state index contributed by atoms with van der Waals surface area (Å²) in [5, 5.41) is 3.98. The van der Waals surface area contributed by atoms with Crippen molar-refractivity contribution >= 4 is 24.3 Å². The molecule has 3 fully saturated rings. The molecule has 4 aromatic rings. The van der Waals surface area contributed by atoms with Gasteiger partial charge in [-0.2, -0.15) is 0 Å². The van der Waals surface area contributed by atoms with Crippen LogP contribution in [-0.2, 0) is 19.5 Å². The van der Waals surface area contributed by atoms with E-state index in [1.807, 2.05) is 11.3 Å². The van der Waals surface area contributed by atoms with Gasteiger partial charge in [-0.3, -0.25) is 0 Å². The van der Waals surface area contributed by atoms with Gasteiger partial charge in [0.05, 0.1) is 11.4 Å². The molecule has 2 aromatic heterocycles. The fourth-order valence-electron chi connectivity index (χ4n) is 10.7. The number of thiophene rings is 1. The third-order valence-corrected chi connectivity index (χ3v) is 19.3. The topological polar surface area (TPSA) is 9.86 Å². The Bertz CT molecular complexity index is 1730. The second kappa shape index (κ2) is 15.8. The molecule has 0 amide bonds. The zero-order valence-electron chi connectivity index (χ0n) is 31.0. The Kier molecular flexibility index (Phi) is 11.9. The molecule has 264 valence electrons. The van der Waals surface area contributed by atoms with Gasteiger partial charge in [0, 0.05) is 42.4 Å². The van der Waals surface area contributed by atoms with Gasteiger partial charge in [-0.1, -0.05) is 92.0 Å². The van der Waals surface area contributed by atoms with E-state index in [9.17, 15) is 0 Å². The van der Waals surface area contributed by atoms with Crippen molar-refractivity contribution < 1.29 is 19.5 Å². The molecule has 3 aliphatic carbocycles. The third kappa shape index (κ3) is 7.02. The smallest absolute Gasteiger partial charge is 0.117 e. The zero-order valence-corrected chi connectivity index (χ0v) is 34.5. The number of rotatable bonds is 6. The summed E-state index contributed by atoms with van der Waals surface area (Å²) in [6, 6.07) is 14.4. The fraction of sp³-hybridized carbons (Fsp3) is 0.523. The quantitative estimate of drug-likeness (QED) is 0.136. The summed E-state index contributed by atoms with van der Waals surface area (Å²) in [7, 11) is 0. The minimum atomic E-state index is -1.85. The van der Waals surface area contributed by atoms with E-state index in [-0.39, 0.29) is 19.5 Å². The predicted molar refractivity (Wildman–Crippen MR) is 212 cm³/mol. The van der Waals surface area contributed by atoms with Crippen molar-refractivity contribution in [2.45, 2.75) is 148 Å². The molecule has 1 unspecified atom stereocenters. The molecule has 0 bridgehead atoms. The number of allylic oxidation sites excluding steroid dienone is 1. The third-order valence-electron chi connectivity index (χ3n) is 12.3. The van der Waals surface area contributed by atoms with E-state index >= 15 is 0 Å². The first-order valence-corrected chi connectivity index (χ1v) is 22.1. The summed E-state index contributed by atoms with van der Waals surface area (Å²) in [5.74, 6) is 0. The number of imidazole rings is 1. The molecule has 49 heavy (non-hydrogen) atoms. The Morgan fingerprint density at radius 1 is 0.633 bits per heavy atom. The van der Waals surface area contributed by atoms with Crippen molar-refractivity contribution in [3.05, 3.63) is 103 Å². The van der Waals surface area contributed by atoms with Crippen LogP contribution in [0.15, 0.2) is 59.7 Å². The maximum atomic E-state index is 2.80. The minimum Gasteiger partial charge on any atom is -0.301 e. The monoisotopic (exact) mass is 780 g/mol. The molecule has 0 radical (unpaired) electrons. The van der Waals surface area contributed by atoms with Gasteiger partial charge in [0.2, 0.25) is 0 Å². The van der Waals surface area contributed by atoms with Crippen LogP contribution in [-0.4, -0.2) is 26.1 Å². The first kappa shape index (κ1) is 36.9. The zero-order chi connectivity index (χ0) is 33.4. The van der Waals surface area contributed by atoms with Crippen molar-refractivity contribution in [3.63, 3.8) is 0 Å². The van der Waals surface area contributed by atoms with Crippen LogP contribution in [0.2, 0.25) is 0 Å². The Hall–Kier alpha value is -1.86. The number of aromatic nitrogens is 2. The molecule has 7 rings (SSSR count). The van der Waals surface area contributed by atoms with Crippen molar-refractivity contribution in [1.82, 2.24) is 9.13 Å². The van der Waals surface area contributed by atoms with Crippen LogP contribution < -0.4 is 0 Å². The molecule has 0 N–H and O–H groups in total. The van der Waals surface area contributed by atoms with Gasteiger partial charge >= 0.3 is 0 Å². The second-order valence-electron chi connectivity index (χ2n) is 15.7. The maximum Gasteiger partial charge on any atom is 0.117 e. The minimum absolute atomic E-state index is 0. The maximum absolute atomic E-state index is 2.80. The van der Waals surface area contributed by atoms with E-state index in [0.29, 0.717) is 5.66 Å². The van der Waals surface area contributed by atoms with Crippen LogP contribution in [0.5, 0.6) is 0 Å². The molecule has 2 aromatic carbocycles. The van der Waals surface area contributed by atoms with Crippen molar-refractivity contribution in [3.8, 4) is 11.4 Å². The number of benzene rings is 2. The number of hydrogen-bond acceptors (Lipinski definition) is 1. The largest absolute Gasteiger partial charge is 0.301 e. The van der Waals surface area contributed by atoms with Crippen LogP contribution in [0.1, 0.15) is 128 Å². The van der Waals surface area contributed by atoms with Gasteiger partial charge < -0.3 is 9.13 Å². The summed E-state index contributed by atoms with van der Waals surface area (Å²) in [6.45, 7) is 12.2. The van der Waals surface area contributed by atoms with E-state index in [1.165, 1.54) is 140 Å². The van der Waals surface area contributed by atoms with Gasteiger partial charge in [0.1, 0.15) is 5.20 Å². The van der Waals surface area contributed by atoms with Gasteiger partial charge in [-0.25, -0.2) is 0 Å². The average Bonchev–Trinajstić information content (AvgIpc) is 3.73. The summed E-state index contributed by atoms with van der Waals surface area (Å²) >= 11 is 1.93. The van der Waals surface area contributed by atoms with Crippen LogP contribution >= 0.6 is 18.2 Å². The molecule has 3 saturated carbocycles. The van der Waals surface area contributed by atoms with Crippen LogP contribution in [0.4, 0.5) is 0 Å². The molecule has 0 aliphatic heterocycles. The molecule has 3 aliphatic rings. The molecule has 2 nitrogen and oxygen atoms in total. The second-order valence-corrected chi connectivity index (χ2v) is 20.9. The molecular formula is C44H59N2PRuS. The van der Waals surface area contributed by atoms with E-state index in [2.05, 4.69) is 111 Å². The first-order chi connectivity index (χ1) is 23.3. The van der Waals surface area contributed by atoms with Crippen LogP contribution in [0.25, 0.3) is 17.5 Å². The molecular weight excluding hydrogens is 721 g/mol. The summed E-state index contributed by atoms with van der Waals surface area (Å²) in [6.07, 6.45) is 27.2. The average molecular weight is 780 g/mol. The summed E-state index contributed by atoms with van der Waals surface area (Å²) in [5.41, 5.74) is 15.3. The Labute approximate surface area is 314 Å². The summed E-state index contributed by atoms with van der Waals surface area (Å²) < 4.78 is 5.61. The number of hydrogen-bond donors (Lipinski definition) is 0. The Balaban J connectivity index is 0.00000417. The normalized spacial score (nSPS) is 20.4. The standard InChI is InChI=1S/C44H59N2PS.Ru/c1-31-26-33(3)42(34(4)27-31)45-23-24-46(43-35(5)28-32(2)29-36(43)6)44(45)47(38-17-9-7-10-18-38,39-19-11-8-12-20-39)41-22-14-13-16-37(41)30-40-21-15-25-48-40;/h15,21,23-30,38-39,41H,7-14,16-20,22H2,1-6H3;. The predicted octanol–water partition coefficient (Wildman–Crippen LogP) is 13.4. The Morgan fingerprint density at radius 3 is 1.55 bits per heavy atom. The van der Waals surface area contributed by atoms with E-state index in [0.717, 1.165) is 11.3 Å². The number of aryl methyl sites for hydroxylation is 6. The van der Waals surface area contributed by atoms with Gasteiger partial charge in [-0.15, -0.1) is 11.3 Å². The molecule has 0 saturated heterocycles. The van der Waals surface area contributed by atoms with Gasteiger partial charge in [0.15, 0.2) is 0 Å². The van der Waals surface area contributed by atoms with Gasteiger partial charge in [0.25, 0.3) is 0 Å². The SMILES string of the molecule is Cc1cc(C)c(-n2ccn(-c3c(C)cc(C)cc3C)c2=P(C2CCCCC2)(C2CCCCC2)C2CCCCC2=Cc2cccs2)c(C)c1.[Ru]. The molecule has 5 heteroatoms. The number of nitrogens with zero attached hydrogens (tertiary/aromatic N) is 2. The fourth-order valence-corrected chi connectivity index (χ4v) is 18.8. The molecule has 0 spiro atoms. The van der Waals surface area contributed by atoms with E-state index in [4.69, 9.17) is 0 Å². The van der Waals surface area contributed by atoms with Gasteiger partial charge in [-0.05, 0) is 144 Å². The molecule has 1 atom stereocenters. The van der Waals surface area contributed by atoms with E-state index in [1.54, 1.807) is 10.8 Å². The van der Waals surface area contributed by atoms with Crippen molar-refractivity contribution in [2.24, 2.45) is 0 Å². The van der Waals surface area contributed by atoms with Crippen LogP contribution in [0, 0.1) is 46.7 Å². The molecule has 2 heterocycles. The van der Waals surface area contributed by atoms with Crippen LogP contribution in [0.3, 0.4) is 0 Å². The van der Waals surface area contributed by atoms with Crippen molar-refractivity contribution in [1.29, 1.82) is 0 Å². The van der Waals surface area contributed by atoms with Crippen molar-refractivity contribution in [2.75, 3.05) is 0 Å². The summed E-state index contributed by atoms with van der Waals surface area (Å²) in [4.78, 5) is 1.46. The first-order valence-electron chi connectivity index (χ1n) is 19.2. The van der Waals surface area contributed by atoms with E-state index < -0.39 is 6.89 Å². The Morgan fingerprint density at radius 2 is 1.10 bits per heavy atom.